The number of aromatic nitrogens is 5. The molecule has 0 N–H and O–H groups in total. The van der Waals surface area contributed by atoms with Crippen LogP contribution in [0.3, 0.4) is 0 Å². The van der Waals surface area contributed by atoms with Crippen molar-refractivity contribution in [1.82, 2.24) is 24.7 Å². The van der Waals surface area contributed by atoms with Crippen molar-refractivity contribution in [1.29, 1.82) is 0 Å². The highest BCUT2D eigenvalue weighted by Gasteiger charge is 2.34. The summed E-state index contributed by atoms with van der Waals surface area (Å²) in [5.74, 6) is 0.0620. The van der Waals surface area contributed by atoms with Gasteiger partial charge in [0.05, 0.1) is 23.5 Å². The second-order valence-electron chi connectivity index (χ2n) is 7.37. The predicted octanol–water partition coefficient (Wildman–Crippen LogP) is 4.21. The fourth-order valence-electron chi connectivity index (χ4n) is 3.91. The van der Waals surface area contributed by atoms with Crippen LogP contribution in [0.15, 0.2) is 47.8 Å². The molecule has 1 fully saturated rings. The molecule has 0 saturated heterocycles. The van der Waals surface area contributed by atoms with E-state index in [1.165, 1.54) is 18.6 Å². The molecule has 0 aliphatic heterocycles. The Morgan fingerprint density at radius 1 is 1.03 bits per heavy atom. The monoisotopic (exact) mass is 415 g/mol. The molecule has 0 atom stereocenters. The van der Waals surface area contributed by atoms with Crippen molar-refractivity contribution in [3.63, 3.8) is 0 Å². The third-order valence-electron chi connectivity index (χ3n) is 5.39. The van der Waals surface area contributed by atoms with Gasteiger partial charge in [0.2, 0.25) is 0 Å². The van der Waals surface area contributed by atoms with Gasteiger partial charge in [0, 0.05) is 18.0 Å². The highest BCUT2D eigenvalue weighted by Crippen LogP contribution is 2.33. The average molecular weight is 415 g/mol. The molecular weight excluding hydrogens is 395 g/mol. The first-order valence-corrected chi connectivity index (χ1v) is 9.83. The average Bonchev–Trinajstić information content (AvgIpc) is 2.76. The lowest BCUT2D eigenvalue weighted by Crippen LogP contribution is -2.30. The first-order chi connectivity index (χ1) is 14.4. The van der Waals surface area contributed by atoms with Gasteiger partial charge in [0.25, 0.3) is 5.56 Å². The van der Waals surface area contributed by atoms with Gasteiger partial charge in [-0.25, -0.2) is 14.6 Å². The van der Waals surface area contributed by atoms with Crippen LogP contribution in [0.4, 0.5) is 13.2 Å². The number of hydrogen-bond donors (Lipinski definition) is 0. The zero-order chi connectivity index (χ0) is 21.1. The van der Waals surface area contributed by atoms with Crippen LogP contribution in [0.25, 0.3) is 11.4 Å². The van der Waals surface area contributed by atoms with E-state index in [-0.39, 0.29) is 23.7 Å². The maximum absolute atomic E-state index is 13.4. The van der Waals surface area contributed by atoms with E-state index in [1.54, 1.807) is 18.3 Å². The molecule has 1 saturated carbocycles. The van der Waals surface area contributed by atoms with E-state index in [9.17, 15) is 18.0 Å². The second kappa shape index (κ2) is 8.33. The van der Waals surface area contributed by atoms with Crippen LogP contribution in [-0.2, 0) is 12.7 Å². The van der Waals surface area contributed by atoms with Crippen LogP contribution >= 0.6 is 0 Å². The minimum atomic E-state index is -4.57. The Balaban J connectivity index is 1.82. The zero-order valence-corrected chi connectivity index (χ0v) is 16.1. The molecule has 3 heterocycles. The van der Waals surface area contributed by atoms with Crippen molar-refractivity contribution >= 4 is 0 Å². The third-order valence-corrected chi connectivity index (χ3v) is 5.39. The number of halogens is 3. The Kier molecular flexibility index (Phi) is 5.61. The molecule has 3 aromatic heterocycles. The molecular formula is C21H20F3N5O. The van der Waals surface area contributed by atoms with E-state index in [2.05, 4.69) is 20.1 Å². The molecule has 30 heavy (non-hydrogen) atoms. The maximum atomic E-state index is 13.4. The summed E-state index contributed by atoms with van der Waals surface area (Å²) in [6, 6.07) is 5.57. The SMILES string of the molecule is O=c1c(C2CCCCC2)cc(-c2ccncn2)nn1Cc1ncccc1C(F)(F)F. The number of hydrogen-bond acceptors (Lipinski definition) is 5. The lowest BCUT2D eigenvalue weighted by molar-refractivity contribution is -0.138. The van der Waals surface area contributed by atoms with Crippen LogP contribution < -0.4 is 5.56 Å². The van der Waals surface area contributed by atoms with Crippen molar-refractivity contribution in [3.8, 4) is 11.4 Å². The standard InChI is InChI=1S/C21H20F3N5O/c22-21(23,24)16-7-4-9-26-19(16)12-29-20(30)15(14-5-2-1-3-6-14)11-18(28-29)17-8-10-25-13-27-17/h4,7-11,13-14H,1-3,5-6,12H2. The van der Waals surface area contributed by atoms with Crippen molar-refractivity contribution in [3.05, 3.63) is 70.2 Å². The van der Waals surface area contributed by atoms with Crippen molar-refractivity contribution in [2.45, 2.75) is 50.7 Å². The normalized spacial score (nSPS) is 15.3. The van der Waals surface area contributed by atoms with Gasteiger partial charge >= 0.3 is 6.18 Å². The minimum absolute atomic E-state index is 0.0620. The Morgan fingerprint density at radius 3 is 2.53 bits per heavy atom. The number of pyridine rings is 1. The Bertz CT molecular complexity index is 1080. The summed E-state index contributed by atoms with van der Waals surface area (Å²) in [7, 11) is 0. The van der Waals surface area contributed by atoms with Gasteiger partial charge < -0.3 is 0 Å². The number of rotatable bonds is 4. The quantitative estimate of drug-likeness (QED) is 0.638. The first kappa shape index (κ1) is 20.2. The summed E-state index contributed by atoms with van der Waals surface area (Å²) >= 11 is 0. The molecule has 0 amide bonds. The van der Waals surface area contributed by atoms with E-state index in [1.807, 2.05) is 0 Å². The molecule has 156 valence electrons. The zero-order valence-electron chi connectivity index (χ0n) is 16.1. The molecule has 1 aliphatic carbocycles. The minimum Gasteiger partial charge on any atom is -0.267 e. The molecule has 0 unspecified atom stereocenters. The molecule has 0 bridgehead atoms. The summed E-state index contributed by atoms with van der Waals surface area (Å²) in [5, 5.41) is 4.32. The van der Waals surface area contributed by atoms with E-state index >= 15 is 0 Å². The van der Waals surface area contributed by atoms with Gasteiger partial charge in [-0.3, -0.25) is 9.78 Å². The van der Waals surface area contributed by atoms with E-state index in [0.717, 1.165) is 42.9 Å². The maximum Gasteiger partial charge on any atom is 0.418 e. The summed E-state index contributed by atoms with van der Waals surface area (Å²) < 4.78 is 41.3. The summed E-state index contributed by atoms with van der Waals surface area (Å²) in [6.07, 6.45) is 4.56. The Hall–Kier alpha value is -3.10. The fraction of sp³-hybridized carbons (Fsp3) is 0.381. The second-order valence-corrected chi connectivity index (χ2v) is 7.37. The molecule has 1 aliphatic rings. The lowest BCUT2D eigenvalue weighted by Gasteiger charge is -2.22. The van der Waals surface area contributed by atoms with Crippen molar-refractivity contribution < 1.29 is 13.2 Å². The van der Waals surface area contributed by atoms with Crippen LogP contribution in [0, 0.1) is 0 Å². The summed E-state index contributed by atoms with van der Waals surface area (Å²) in [6.45, 7) is -0.368. The molecule has 4 rings (SSSR count). The molecule has 0 spiro atoms. The number of alkyl halides is 3. The largest absolute Gasteiger partial charge is 0.418 e. The molecule has 3 aromatic rings. The van der Waals surface area contributed by atoms with Crippen LogP contribution in [-0.4, -0.2) is 24.7 Å². The Morgan fingerprint density at radius 2 is 1.83 bits per heavy atom. The van der Waals surface area contributed by atoms with Gasteiger partial charge in [-0.15, -0.1) is 0 Å². The van der Waals surface area contributed by atoms with Gasteiger partial charge in [0.15, 0.2) is 0 Å². The van der Waals surface area contributed by atoms with Crippen LogP contribution in [0.1, 0.15) is 54.8 Å². The van der Waals surface area contributed by atoms with Crippen LogP contribution in [0.2, 0.25) is 0 Å². The fourth-order valence-corrected chi connectivity index (χ4v) is 3.91. The highest BCUT2D eigenvalue weighted by molar-refractivity contribution is 5.53. The molecule has 9 heteroatoms. The van der Waals surface area contributed by atoms with Gasteiger partial charge in [0.1, 0.15) is 12.0 Å². The Labute approximate surface area is 170 Å². The highest BCUT2D eigenvalue weighted by atomic mass is 19.4. The molecule has 0 aromatic carbocycles. The smallest absolute Gasteiger partial charge is 0.267 e. The topological polar surface area (TPSA) is 73.6 Å². The van der Waals surface area contributed by atoms with E-state index in [4.69, 9.17) is 0 Å². The van der Waals surface area contributed by atoms with Crippen molar-refractivity contribution in [2.24, 2.45) is 0 Å². The third kappa shape index (κ3) is 4.24. The van der Waals surface area contributed by atoms with E-state index in [0.29, 0.717) is 17.0 Å². The lowest BCUT2D eigenvalue weighted by atomic mass is 9.84. The van der Waals surface area contributed by atoms with E-state index < -0.39 is 11.7 Å². The van der Waals surface area contributed by atoms with Gasteiger partial charge in [-0.05, 0) is 43.0 Å². The van der Waals surface area contributed by atoms with Crippen molar-refractivity contribution in [2.75, 3.05) is 0 Å². The molecule has 6 nitrogen and oxygen atoms in total. The predicted molar refractivity (Wildman–Crippen MR) is 104 cm³/mol. The summed E-state index contributed by atoms with van der Waals surface area (Å²) in [4.78, 5) is 25.1. The molecule has 0 radical (unpaired) electrons. The number of nitrogens with zero attached hydrogens (tertiary/aromatic N) is 5. The van der Waals surface area contributed by atoms with Crippen LogP contribution in [0.5, 0.6) is 0 Å². The summed E-state index contributed by atoms with van der Waals surface area (Å²) in [5.41, 5.74) is 0.0237. The van der Waals surface area contributed by atoms with Gasteiger partial charge in [-0.1, -0.05) is 19.3 Å². The first-order valence-electron chi connectivity index (χ1n) is 9.83. The van der Waals surface area contributed by atoms with Gasteiger partial charge in [-0.2, -0.15) is 18.3 Å².